The number of fused-ring (bicyclic) bond motifs is 1. The van der Waals surface area contributed by atoms with E-state index >= 15 is 0 Å². The number of hydrogen-bond donors (Lipinski definition) is 2. The van der Waals surface area contributed by atoms with Crippen LogP contribution >= 0.6 is 0 Å². The van der Waals surface area contributed by atoms with Crippen molar-refractivity contribution in [3.63, 3.8) is 0 Å². The zero-order chi connectivity index (χ0) is 10.8. The van der Waals surface area contributed by atoms with E-state index in [1.807, 2.05) is 0 Å². The summed E-state index contributed by atoms with van der Waals surface area (Å²) >= 11 is 0. The van der Waals surface area contributed by atoms with E-state index in [1.165, 1.54) is 12.1 Å². The van der Waals surface area contributed by atoms with Crippen LogP contribution in [0.5, 0.6) is 0 Å². The van der Waals surface area contributed by atoms with Gasteiger partial charge in [0, 0.05) is 18.2 Å². The first-order chi connectivity index (χ1) is 7.15. The fourth-order valence-electron chi connectivity index (χ4n) is 1.87. The van der Waals surface area contributed by atoms with Crippen LogP contribution in [0.3, 0.4) is 0 Å². The van der Waals surface area contributed by atoms with E-state index < -0.39 is 5.97 Å². The van der Waals surface area contributed by atoms with E-state index in [0.29, 0.717) is 6.42 Å². The molecule has 80 valence electrons. The molecule has 4 heteroatoms. The van der Waals surface area contributed by atoms with Gasteiger partial charge in [0.1, 0.15) is 5.82 Å². The van der Waals surface area contributed by atoms with Gasteiger partial charge in [-0.25, -0.2) is 4.39 Å². The Morgan fingerprint density at radius 1 is 1.60 bits per heavy atom. The quantitative estimate of drug-likeness (QED) is 0.800. The molecule has 15 heavy (non-hydrogen) atoms. The number of nitrogens with one attached hydrogen (secondary N) is 1. The Bertz CT molecular complexity index is 392. The summed E-state index contributed by atoms with van der Waals surface area (Å²) in [5, 5.41) is 11.7. The first-order valence-electron chi connectivity index (χ1n) is 4.92. The molecule has 1 aliphatic rings. The summed E-state index contributed by atoms with van der Waals surface area (Å²) in [7, 11) is 0. The summed E-state index contributed by atoms with van der Waals surface area (Å²) in [6.07, 6.45) is 1.50. The lowest BCUT2D eigenvalue weighted by atomic mass is 10.1. The summed E-state index contributed by atoms with van der Waals surface area (Å²) in [5.74, 6) is -1.06. The van der Waals surface area contributed by atoms with Gasteiger partial charge in [-0.2, -0.15) is 0 Å². The van der Waals surface area contributed by atoms with Crippen molar-refractivity contribution in [2.24, 2.45) is 0 Å². The molecule has 2 N–H and O–H groups in total. The molecule has 0 fully saturated rings. The Morgan fingerprint density at radius 2 is 2.40 bits per heavy atom. The number of carboxylic acids is 1. The molecule has 0 aliphatic carbocycles. The highest BCUT2D eigenvalue weighted by atomic mass is 19.1. The molecule has 0 aromatic heterocycles. The normalized spacial score (nSPS) is 18.3. The molecule has 1 aromatic carbocycles. The summed E-state index contributed by atoms with van der Waals surface area (Å²) in [6.45, 7) is 0. The number of hydrogen-bond acceptors (Lipinski definition) is 2. The first-order valence-corrected chi connectivity index (χ1v) is 4.92. The van der Waals surface area contributed by atoms with Crippen LogP contribution < -0.4 is 5.32 Å². The fourth-order valence-corrected chi connectivity index (χ4v) is 1.87. The highest BCUT2D eigenvalue weighted by Crippen LogP contribution is 2.28. The number of benzene rings is 1. The predicted molar refractivity (Wildman–Crippen MR) is 54.4 cm³/mol. The Hall–Kier alpha value is -1.58. The maximum Gasteiger partial charge on any atom is 0.303 e. The lowest BCUT2D eigenvalue weighted by molar-refractivity contribution is -0.137. The van der Waals surface area contributed by atoms with Gasteiger partial charge in [0.15, 0.2) is 0 Å². The topological polar surface area (TPSA) is 49.3 Å². The van der Waals surface area contributed by atoms with Gasteiger partial charge in [-0.1, -0.05) is 6.07 Å². The van der Waals surface area contributed by atoms with Crippen molar-refractivity contribution in [1.29, 1.82) is 0 Å². The minimum Gasteiger partial charge on any atom is -0.481 e. The van der Waals surface area contributed by atoms with Crippen LogP contribution in [0.4, 0.5) is 10.1 Å². The lowest BCUT2D eigenvalue weighted by Gasteiger charge is -2.08. The SMILES string of the molecule is O=C(O)CCC1Cc2ccc(F)cc2N1. The van der Waals surface area contributed by atoms with Crippen molar-refractivity contribution in [2.45, 2.75) is 25.3 Å². The Balaban J connectivity index is 2.00. The first kappa shape index (κ1) is 9.96. The Labute approximate surface area is 86.9 Å². The number of carboxylic acid groups (broad SMARTS) is 1. The molecule has 1 atom stereocenters. The molecule has 1 unspecified atom stereocenters. The molecular formula is C11H12FNO2. The molecule has 1 aliphatic heterocycles. The Morgan fingerprint density at radius 3 is 3.13 bits per heavy atom. The molecule has 1 aromatic rings. The second kappa shape index (κ2) is 3.88. The molecule has 1 heterocycles. The van der Waals surface area contributed by atoms with Crippen molar-refractivity contribution in [3.05, 3.63) is 29.6 Å². The minimum absolute atomic E-state index is 0.123. The van der Waals surface area contributed by atoms with E-state index in [4.69, 9.17) is 5.11 Å². The number of halogens is 1. The lowest BCUT2D eigenvalue weighted by Crippen LogP contribution is -2.16. The third kappa shape index (κ3) is 2.26. The standard InChI is InChI=1S/C11H12FNO2/c12-8-2-1-7-5-9(3-4-11(14)15)13-10(7)6-8/h1-2,6,9,13H,3-5H2,(H,14,15). The van der Waals surface area contributed by atoms with Crippen LogP contribution in [0.2, 0.25) is 0 Å². The highest BCUT2D eigenvalue weighted by molar-refractivity contribution is 5.67. The van der Waals surface area contributed by atoms with Crippen molar-refractivity contribution in [2.75, 3.05) is 5.32 Å². The zero-order valence-corrected chi connectivity index (χ0v) is 8.16. The average Bonchev–Trinajstić information content (AvgIpc) is 2.56. The second-order valence-corrected chi connectivity index (χ2v) is 3.78. The molecular weight excluding hydrogens is 197 g/mol. The van der Waals surface area contributed by atoms with Crippen molar-refractivity contribution in [1.82, 2.24) is 0 Å². The molecule has 0 saturated heterocycles. The third-order valence-electron chi connectivity index (χ3n) is 2.60. The fraction of sp³-hybridized carbons (Fsp3) is 0.364. The highest BCUT2D eigenvalue weighted by Gasteiger charge is 2.21. The third-order valence-corrected chi connectivity index (χ3v) is 2.60. The number of aliphatic carboxylic acids is 1. The van der Waals surface area contributed by atoms with Crippen LogP contribution in [0, 0.1) is 5.82 Å². The molecule has 2 rings (SSSR count). The number of anilines is 1. The van der Waals surface area contributed by atoms with Crippen LogP contribution in [0.15, 0.2) is 18.2 Å². The van der Waals surface area contributed by atoms with Crippen LogP contribution in [-0.4, -0.2) is 17.1 Å². The number of rotatable bonds is 3. The number of carbonyl (C=O) groups is 1. The predicted octanol–water partition coefficient (Wildman–Crippen LogP) is 2.03. The molecule has 0 saturated carbocycles. The van der Waals surface area contributed by atoms with E-state index in [2.05, 4.69) is 5.32 Å². The molecule has 0 radical (unpaired) electrons. The van der Waals surface area contributed by atoms with E-state index in [1.54, 1.807) is 6.07 Å². The molecule has 0 bridgehead atoms. The average molecular weight is 209 g/mol. The van der Waals surface area contributed by atoms with Crippen LogP contribution in [0.1, 0.15) is 18.4 Å². The summed E-state index contributed by atoms with van der Waals surface area (Å²) in [6, 6.07) is 4.76. The van der Waals surface area contributed by atoms with Gasteiger partial charge in [-0.05, 0) is 30.5 Å². The van der Waals surface area contributed by atoms with Gasteiger partial charge >= 0.3 is 5.97 Å². The minimum atomic E-state index is -0.793. The van der Waals surface area contributed by atoms with Crippen LogP contribution in [-0.2, 0) is 11.2 Å². The maximum absolute atomic E-state index is 12.9. The maximum atomic E-state index is 12.9. The summed E-state index contributed by atoms with van der Waals surface area (Å²) in [4.78, 5) is 10.4. The van der Waals surface area contributed by atoms with Crippen molar-refractivity contribution < 1.29 is 14.3 Å². The van der Waals surface area contributed by atoms with E-state index in [0.717, 1.165) is 17.7 Å². The zero-order valence-electron chi connectivity index (χ0n) is 8.16. The smallest absolute Gasteiger partial charge is 0.303 e. The van der Waals surface area contributed by atoms with Gasteiger partial charge in [0.25, 0.3) is 0 Å². The molecule has 0 amide bonds. The second-order valence-electron chi connectivity index (χ2n) is 3.78. The van der Waals surface area contributed by atoms with E-state index in [-0.39, 0.29) is 18.3 Å². The van der Waals surface area contributed by atoms with Crippen LogP contribution in [0.25, 0.3) is 0 Å². The van der Waals surface area contributed by atoms with E-state index in [9.17, 15) is 9.18 Å². The van der Waals surface area contributed by atoms with Crippen molar-refractivity contribution in [3.8, 4) is 0 Å². The summed E-state index contributed by atoms with van der Waals surface area (Å²) < 4.78 is 12.9. The Kier molecular flexibility index (Phi) is 2.58. The molecule has 0 spiro atoms. The van der Waals surface area contributed by atoms with Gasteiger partial charge in [0.2, 0.25) is 0 Å². The summed E-state index contributed by atoms with van der Waals surface area (Å²) in [5.41, 5.74) is 1.86. The monoisotopic (exact) mass is 209 g/mol. The molecule has 3 nitrogen and oxygen atoms in total. The largest absolute Gasteiger partial charge is 0.481 e. The van der Waals surface area contributed by atoms with Crippen molar-refractivity contribution >= 4 is 11.7 Å². The van der Waals surface area contributed by atoms with Gasteiger partial charge in [0.05, 0.1) is 0 Å². The van der Waals surface area contributed by atoms with Gasteiger partial charge in [-0.3, -0.25) is 4.79 Å². The van der Waals surface area contributed by atoms with Gasteiger partial charge < -0.3 is 10.4 Å². The van der Waals surface area contributed by atoms with Gasteiger partial charge in [-0.15, -0.1) is 0 Å².